The number of amides is 4. The number of methoxy groups -OCH3 is 4. The minimum atomic E-state index is -0.537. The van der Waals surface area contributed by atoms with Gasteiger partial charge in [0.05, 0.1) is 28.4 Å². The molecule has 140 heavy (non-hydrogen) atoms. The van der Waals surface area contributed by atoms with Crippen molar-refractivity contribution in [3.8, 4) is 51.7 Å². The second-order valence-corrected chi connectivity index (χ2v) is 40.0. The summed E-state index contributed by atoms with van der Waals surface area (Å²) in [6, 6.07) is 46.9. The molecule has 3 fully saturated rings. The molecule has 0 unspecified atom stereocenters. The van der Waals surface area contributed by atoms with E-state index in [0.717, 1.165) is 202 Å². The van der Waals surface area contributed by atoms with E-state index in [9.17, 15) is 44.4 Å². The summed E-state index contributed by atoms with van der Waals surface area (Å²) in [5.41, 5.74) is 16.7. The third kappa shape index (κ3) is 32.9. The first-order valence-electron chi connectivity index (χ1n) is 47.4. The number of aryl methyl sites for hydroxylation is 5. The molecule has 0 spiro atoms. The van der Waals surface area contributed by atoms with Crippen LogP contribution in [0.3, 0.4) is 0 Å². The summed E-state index contributed by atoms with van der Waals surface area (Å²) in [6.07, 6.45) is 7.23. The van der Waals surface area contributed by atoms with E-state index < -0.39 is 5.60 Å². The van der Waals surface area contributed by atoms with Crippen LogP contribution in [0.15, 0.2) is 146 Å². The molecule has 0 bridgehead atoms. The predicted octanol–water partition coefficient (Wildman–Crippen LogP) is 13.4. The average molecular weight is 1950 g/mol. The Balaban J connectivity index is 0.000000271. The van der Waals surface area contributed by atoms with Crippen molar-refractivity contribution in [1.29, 1.82) is 0 Å². The zero-order chi connectivity index (χ0) is 100. The van der Waals surface area contributed by atoms with Gasteiger partial charge in [0, 0.05) is 177 Å². The number of hydrogen-bond donors (Lipinski definition) is 7. The maximum atomic E-state index is 13.6. The zero-order valence-corrected chi connectivity index (χ0v) is 87.7. The molecule has 0 aromatic heterocycles. The molecule has 0 saturated carbocycles. The number of piperazine rings is 3. The van der Waals surface area contributed by atoms with Crippen molar-refractivity contribution in [2.45, 2.75) is 248 Å². The van der Waals surface area contributed by atoms with Crippen molar-refractivity contribution in [2.24, 2.45) is 0 Å². The van der Waals surface area contributed by atoms with Crippen molar-refractivity contribution < 1.29 is 127 Å². The SMILES string of the molecule is C.CC(C)(C)OC(=O)N1CCNCC1.CO.COc1cc(CCC(C)(C)N2Cc3cccc(C(=O)N4CCN(C(=O)OC(C)(C)C)CC4)c3C2)ccc1O.COc1cc(CCC(C)(C)N2Cc3cccc(C(=O)N4CCNCC4)c3C2)ccc1O.COc1cc(CCC(C)(C)N2Cc3cccc(C)c3C2)ccc1O.COc1cc(CCC(C)(C)N2Cc3cccc(OC=O)c3C2)ccc1O.O=C=O.[Na+].[OH-]. The Hall–Kier alpha value is -10.8. The fourth-order valence-electron chi connectivity index (χ4n) is 17.8. The van der Waals surface area contributed by atoms with E-state index >= 15 is 0 Å². The Morgan fingerprint density at radius 1 is 0.371 bits per heavy atom. The number of carbonyl (C=O) groups is 5. The summed E-state index contributed by atoms with van der Waals surface area (Å²) in [4.78, 5) is 94.7. The molecule has 30 nitrogen and oxygen atoms in total. The third-order valence-electron chi connectivity index (χ3n) is 26.7. The normalized spacial score (nSPS) is 15.2. The maximum absolute atomic E-state index is 13.6. The zero-order valence-electron chi connectivity index (χ0n) is 85.7. The summed E-state index contributed by atoms with van der Waals surface area (Å²) in [5, 5.41) is 52.7. The van der Waals surface area contributed by atoms with E-state index in [-0.39, 0.29) is 123 Å². The number of rotatable bonds is 24. The number of nitrogens with one attached hydrogen (secondary N) is 2. The summed E-state index contributed by atoms with van der Waals surface area (Å²) in [7, 11) is 7.28. The molecular weight excluding hydrogens is 1790 g/mol. The second kappa shape index (κ2) is 53.9. The minimum Gasteiger partial charge on any atom is -0.870 e. The molecule has 15 rings (SSSR count). The molecule has 7 heterocycles. The summed E-state index contributed by atoms with van der Waals surface area (Å²) in [5.74, 6) is 3.58. The van der Waals surface area contributed by atoms with Crippen molar-refractivity contribution in [1.82, 2.24) is 49.8 Å². The Morgan fingerprint density at radius 3 is 0.943 bits per heavy atom. The molecule has 4 amide bonds. The van der Waals surface area contributed by atoms with E-state index in [1.54, 1.807) is 62.5 Å². The van der Waals surface area contributed by atoms with Gasteiger partial charge in [-0.05, 0) is 289 Å². The Bertz CT molecular complexity index is 5400. The molecule has 8 aromatic rings. The van der Waals surface area contributed by atoms with Crippen LogP contribution in [0.4, 0.5) is 9.59 Å². The molecule has 31 heteroatoms. The largest absolute Gasteiger partial charge is 1.00 e. The van der Waals surface area contributed by atoms with E-state index in [1.807, 2.05) is 136 Å². The maximum Gasteiger partial charge on any atom is 1.00 e. The van der Waals surface area contributed by atoms with Gasteiger partial charge in [-0.3, -0.25) is 34.0 Å². The minimum absolute atomic E-state index is 0. The summed E-state index contributed by atoms with van der Waals surface area (Å²) >= 11 is 0. The standard InChI is InChI=1S/C30H41N3O5.C25H33N3O3.C21H25NO4.C21H27NO2.C9H18N2O2.CO2.CH4O.CH4.Na.H2O/c1-29(2,3)38-28(36)32-16-14-31(15-17-32)27(35)23-9-7-8-22-19-33(20-24(22)23)30(4,5)13-12-21-10-11-25(34)26(18-21)37-6;1-25(2,10-9-18-7-8-22(29)23(15-18)31-3)28-16-19-5-4-6-20(21(19)17-28)24(30)27-13-11-26-12-14-27;1-21(2,10-9-15-7-8-18(24)20(11-15)25-3)22-12-16-5-4-6-19(26-14-23)17(16)13-22;1-15-6-5-7-17-13-22(14-18(15)17)21(2,3)11-10-16-8-9-19(23)20(12-16)24-4;1-9(2,3)13-8(12)11-6-4-10-5-7-11;2-1-3;1-2;;;/h7-11,18,34H,12-17,19-20H2,1-6H3;4-8,15,26,29H,9-14,16-17H2,1-3H3;4-8,11,14,24H,9-10,12-13H2,1-3H3;5-9,12,23H,10-11,13-14H2,1-4H3;10H,4-7H2,1-3H3;;2H,1H3;1H4;;1H2/q;;;;;;;;+1;/p-1. The van der Waals surface area contributed by atoms with Gasteiger partial charge in [0.15, 0.2) is 46.0 Å². The van der Waals surface area contributed by atoms with Crippen molar-refractivity contribution in [3.63, 3.8) is 0 Å². The van der Waals surface area contributed by atoms with E-state index in [0.29, 0.717) is 61.4 Å². The van der Waals surface area contributed by atoms with Crippen LogP contribution in [-0.2, 0) is 102 Å². The van der Waals surface area contributed by atoms with Crippen LogP contribution < -0.4 is 63.9 Å². The summed E-state index contributed by atoms with van der Waals surface area (Å²) in [6.45, 7) is 47.3. The number of phenolic OH excluding ortho intramolecular Hbond substituents is 4. The van der Waals surface area contributed by atoms with Crippen LogP contribution in [0.5, 0.6) is 51.7 Å². The van der Waals surface area contributed by atoms with Gasteiger partial charge >= 0.3 is 47.9 Å². The van der Waals surface area contributed by atoms with Crippen LogP contribution in [0.2, 0.25) is 0 Å². The van der Waals surface area contributed by atoms with Gasteiger partial charge in [-0.25, -0.2) is 9.59 Å². The number of fused-ring (bicyclic) bond motifs is 4. The molecule has 7 aliphatic rings. The van der Waals surface area contributed by atoms with Crippen molar-refractivity contribution >= 4 is 36.6 Å². The van der Waals surface area contributed by atoms with Gasteiger partial charge in [-0.2, -0.15) is 9.59 Å². The Morgan fingerprint density at radius 2 is 0.636 bits per heavy atom. The third-order valence-corrected chi connectivity index (χ3v) is 26.7. The van der Waals surface area contributed by atoms with Crippen LogP contribution in [0.1, 0.15) is 223 Å². The van der Waals surface area contributed by atoms with Crippen molar-refractivity contribution in [3.05, 3.63) is 229 Å². The van der Waals surface area contributed by atoms with E-state index in [1.165, 1.54) is 44.5 Å². The molecule has 760 valence electrons. The van der Waals surface area contributed by atoms with Gasteiger partial charge in [0.2, 0.25) is 0 Å². The molecule has 8 N–H and O–H groups in total. The predicted molar refractivity (Wildman–Crippen MR) is 537 cm³/mol. The molecule has 0 atom stereocenters. The van der Waals surface area contributed by atoms with Crippen molar-refractivity contribution in [2.75, 3.05) is 114 Å². The van der Waals surface area contributed by atoms with Gasteiger partial charge in [0.25, 0.3) is 18.3 Å². The number of hydrogen-bond acceptors (Lipinski definition) is 26. The first kappa shape index (κ1) is 118. The van der Waals surface area contributed by atoms with E-state index in [2.05, 4.69) is 129 Å². The van der Waals surface area contributed by atoms with Crippen LogP contribution in [0, 0.1) is 6.92 Å². The molecule has 0 aliphatic carbocycles. The number of aliphatic hydroxyl groups excluding tert-OH is 1. The van der Waals surface area contributed by atoms with Crippen LogP contribution in [0.25, 0.3) is 0 Å². The topological polar surface area (TPSA) is 365 Å². The summed E-state index contributed by atoms with van der Waals surface area (Å²) < 4.78 is 36.8. The fourth-order valence-corrected chi connectivity index (χ4v) is 17.8. The average Bonchev–Trinajstić information content (AvgIpc) is 1.63. The molecule has 3 saturated heterocycles. The number of benzene rings is 8. The van der Waals surface area contributed by atoms with Gasteiger partial charge < -0.3 is 94.4 Å². The molecule has 0 radical (unpaired) electrons. The number of nitrogens with zero attached hydrogens (tertiary/aromatic N) is 8. The van der Waals surface area contributed by atoms with Crippen LogP contribution >= 0.6 is 0 Å². The molecule has 8 aromatic carbocycles. The Labute approximate surface area is 851 Å². The van der Waals surface area contributed by atoms with Gasteiger partial charge in [-0.1, -0.05) is 86.3 Å². The van der Waals surface area contributed by atoms with E-state index in [4.69, 9.17) is 47.9 Å². The quantitative estimate of drug-likeness (QED) is 0.0218. The first-order valence-corrected chi connectivity index (χ1v) is 47.4. The fraction of sp³-hybridized carbons (Fsp3) is 0.505. The van der Waals surface area contributed by atoms with Crippen LogP contribution in [-0.4, -0.2) is 254 Å². The molecule has 7 aliphatic heterocycles. The van der Waals surface area contributed by atoms with Gasteiger partial charge in [0.1, 0.15) is 17.0 Å². The smallest absolute Gasteiger partial charge is 0.870 e. The first-order chi connectivity index (χ1) is 65.0. The second-order valence-electron chi connectivity index (χ2n) is 40.0. The number of aliphatic hydroxyl groups is 1. The number of aromatic hydroxyl groups is 4. The number of carbonyl (C=O) groups excluding carboxylic acids is 7. The number of ether oxygens (including phenoxy) is 7. The Kier molecular flexibility index (Phi) is 45.4. The monoisotopic (exact) mass is 1950 g/mol. The molecular formula is C109H153N10NaO20. The van der Waals surface area contributed by atoms with Gasteiger partial charge in [-0.15, -0.1) is 0 Å². The number of phenols is 4.